The SMILES string of the molecule is Cc1c(N)cccc1CNC(=O)C(C)(C)c1ccccc1. The summed E-state index contributed by atoms with van der Waals surface area (Å²) in [6.45, 7) is 6.33. The lowest BCUT2D eigenvalue weighted by Crippen LogP contribution is -2.39. The maximum absolute atomic E-state index is 12.5. The van der Waals surface area contributed by atoms with Gasteiger partial charge in [-0.25, -0.2) is 0 Å². The van der Waals surface area contributed by atoms with E-state index in [4.69, 9.17) is 5.73 Å². The van der Waals surface area contributed by atoms with Crippen molar-refractivity contribution < 1.29 is 4.79 Å². The third-order valence-corrected chi connectivity index (χ3v) is 3.99. The molecule has 0 aliphatic heterocycles. The fourth-order valence-corrected chi connectivity index (χ4v) is 2.28. The summed E-state index contributed by atoms with van der Waals surface area (Å²) in [5.74, 6) is 0.00974. The van der Waals surface area contributed by atoms with Crippen LogP contribution < -0.4 is 11.1 Å². The first kappa shape index (κ1) is 15.1. The lowest BCUT2D eigenvalue weighted by atomic mass is 9.83. The van der Waals surface area contributed by atoms with E-state index in [1.165, 1.54) is 0 Å². The van der Waals surface area contributed by atoms with Crippen molar-refractivity contribution in [1.29, 1.82) is 0 Å². The number of anilines is 1. The molecular weight excluding hydrogens is 260 g/mol. The van der Waals surface area contributed by atoms with Gasteiger partial charge in [-0.2, -0.15) is 0 Å². The Hall–Kier alpha value is -2.29. The van der Waals surface area contributed by atoms with Crippen molar-refractivity contribution in [2.45, 2.75) is 32.7 Å². The summed E-state index contributed by atoms with van der Waals surface area (Å²) in [6.07, 6.45) is 0. The van der Waals surface area contributed by atoms with E-state index in [-0.39, 0.29) is 5.91 Å². The molecule has 110 valence electrons. The summed E-state index contributed by atoms with van der Waals surface area (Å²) in [7, 11) is 0. The van der Waals surface area contributed by atoms with Gasteiger partial charge in [0, 0.05) is 12.2 Å². The zero-order chi connectivity index (χ0) is 15.5. The number of rotatable bonds is 4. The van der Waals surface area contributed by atoms with Gasteiger partial charge in [0.1, 0.15) is 0 Å². The minimum atomic E-state index is -0.560. The molecular formula is C18H22N2O. The first-order chi connectivity index (χ1) is 9.93. The van der Waals surface area contributed by atoms with Gasteiger partial charge >= 0.3 is 0 Å². The summed E-state index contributed by atoms with van der Waals surface area (Å²) in [5, 5.41) is 3.01. The Morgan fingerprint density at radius 3 is 2.43 bits per heavy atom. The largest absolute Gasteiger partial charge is 0.399 e. The van der Waals surface area contributed by atoms with Crippen molar-refractivity contribution in [3.8, 4) is 0 Å². The molecule has 0 saturated heterocycles. The van der Waals surface area contributed by atoms with Gasteiger partial charge < -0.3 is 11.1 Å². The molecule has 0 saturated carbocycles. The second kappa shape index (κ2) is 6.00. The van der Waals surface area contributed by atoms with Crippen molar-refractivity contribution >= 4 is 11.6 Å². The minimum Gasteiger partial charge on any atom is -0.399 e. The van der Waals surface area contributed by atoms with Gasteiger partial charge in [-0.15, -0.1) is 0 Å². The van der Waals surface area contributed by atoms with Crippen molar-refractivity contribution in [3.63, 3.8) is 0 Å². The van der Waals surface area contributed by atoms with Crippen LogP contribution >= 0.6 is 0 Å². The summed E-state index contributed by atoms with van der Waals surface area (Å²) < 4.78 is 0. The molecule has 1 amide bonds. The highest BCUT2D eigenvalue weighted by molar-refractivity contribution is 5.87. The summed E-state index contributed by atoms with van der Waals surface area (Å²) in [4.78, 5) is 12.5. The van der Waals surface area contributed by atoms with Gasteiger partial charge in [-0.05, 0) is 43.5 Å². The van der Waals surface area contributed by atoms with E-state index < -0.39 is 5.41 Å². The molecule has 2 rings (SSSR count). The highest BCUT2D eigenvalue weighted by Crippen LogP contribution is 2.23. The van der Waals surface area contributed by atoms with Gasteiger partial charge in [-0.1, -0.05) is 42.5 Å². The zero-order valence-corrected chi connectivity index (χ0v) is 12.8. The number of benzene rings is 2. The predicted molar refractivity (Wildman–Crippen MR) is 86.9 cm³/mol. The van der Waals surface area contributed by atoms with Crippen LogP contribution in [0.1, 0.15) is 30.5 Å². The lowest BCUT2D eigenvalue weighted by molar-refractivity contribution is -0.125. The molecule has 0 fully saturated rings. The number of hydrogen-bond acceptors (Lipinski definition) is 2. The molecule has 3 N–H and O–H groups in total. The van der Waals surface area contributed by atoms with Crippen molar-refractivity contribution in [2.75, 3.05) is 5.73 Å². The molecule has 0 radical (unpaired) electrons. The van der Waals surface area contributed by atoms with Crippen LogP contribution in [0.15, 0.2) is 48.5 Å². The number of carbonyl (C=O) groups excluding carboxylic acids is 1. The minimum absolute atomic E-state index is 0.00974. The highest BCUT2D eigenvalue weighted by Gasteiger charge is 2.29. The normalized spacial score (nSPS) is 11.2. The smallest absolute Gasteiger partial charge is 0.230 e. The first-order valence-electron chi connectivity index (χ1n) is 7.10. The number of hydrogen-bond donors (Lipinski definition) is 2. The molecule has 2 aromatic carbocycles. The van der Waals surface area contributed by atoms with E-state index in [1.54, 1.807) is 0 Å². The summed E-state index contributed by atoms with van der Waals surface area (Å²) >= 11 is 0. The van der Waals surface area contributed by atoms with Crippen LogP contribution in [-0.4, -0.2) is 5.91 Å². The van der Waals surface area contributed by atoms with Gasteiger partial charge in [-0.3, -0.25) is 4.79 Å². The second-order valence-corrected chi connectivity index (χ2v) is 5.81. The molecule has 2 aromatic rings. The van der Waals surface area contributed by atoms with Crippen LogP contribution in [0.4, 0.5) is 5.69 Å². The predicted octanol–water partition coefficient (Wildman–Crippen LogP) is 3.17. The molecule has 0 aliphatic rings. The van der Waals surface area contributed by atoms with Crippen LogP contribution in [0, 0.1) is 6.92 Å². The quantitative estimate of drug-likeness (QED) is 0.846. The molecule has 0 atom stereocenters. The van der Waals surface area contributed by atoms with E-state index >= 15 is 0 Å². The Kier molecular flexibility index (Phi) is 4.32. The van der Waals surface area contributed by atoms with E-state index in [1.807, 2.05) is 69.3 Å². The van der Waals surface area contributed by atoms with E-state index in [0.29, 0.717) is 6.54 Å². The Morgan fingerprint density at radius 2 is 1.76 bits per heavy atom. The topological polar surface area (TPSA) is 55.1 Å². The Balaban J connectivity index is 2.10. The Labute approximate surface area is 126 Å². The van der Waals surface area contributed by atoms with Gasteiger partial charge in [0.15, 0.2) is 0 Å². The highest BCUT2D eigenvalue weighted by atomic mass is 16.2. The van der Waals surface area contributed by atoms with Crippen molar-refractivity contribution in [3.05, 3.63) is 65.2 Å². The fourth-order valence-electron chi connectivity index (χ4n) is 2.28. The van der Waals surface area contributed by atoms with Crippen LogP contribution in [0.5, 0.6) is 0 Å². The Bertz CT molecular complexity index is 633. The molecule has 21 heavy (non-hydrogen) atoms. The average Bonchev–Trinajstić information content (AvgIpc) is 2.49. The molecule has 0 heterocycles. The van der Waals surface area contributed by atoms with E-state index in [0.717, 1.165) is 22.4 Å². The summed E-state index contributed by atoms with van der Waals surface area (Å²) in [5.41, 5.74) is 9.16. The van der Waals surface area contributed by atoms with E-state index in [9.17, 15) is 4.79 Å². The molecule has 0 spiro atoms. The second-order valence-electron chi connectivity index (χ2n) is 5.81. The van der Waals surface area contributed by atoms with Crippen LogP contribution in [0.25, 0.3) is 0 Å². The number of nitrogen functional groups attached to an aromatic ring is 1. The summed E-state index contributed by atoms with van der Waals surface area (Å²) in [6, 6.07) is 15.6. The molecule has 3 heteroatoms. The van der Waals surface area contributed by atoms with Crippen molar-refractivity contribution in [2.24, 2.45) is 0 Å². The number of carbonyl (C=O) groups is 1. The van der Waals surface area contributed by atoms with Gasteiger partial charge in [0.05, 0.1) is 5.41 Å². The third-order valence-electron chi connectivity index (χ3n) is 3.99. The number of nitrogens with one attached hydrogen (secondary N) is 1. The maximum atomic E-state index is 12.5. The standard InChI is InChI=1S/C18H22N2O/c1-13-14(8-7-11-16(13)19)12-20-17(21)18(2,3)15-9-5-4-6-10-15/h4-11H,12,19H2,1-3H3,(H,20,21). The van der Waals surface area contributed by atoms with Crippen LogP contribution in [0.3, 0.4) is 0 Å². The number of nitrogens with two attached hydrogens (primary N) is 1. The molecule has 0 aliphatic carbocycles. The van der Waals surface area contributed by atoms with Gasteiger partial charge in [0.2, 0.25) is 5.91 Å². The fraction of sp³-hybridized carbons (Fsp3) is 0.278. The maximum Gasteiger partial charge on any atom is 0.230 e. The van der Waals surface area contributed by atoms with Gasteiger partial charge in [0.25, 0.3) is 0 Å². The number of amides is 1. The van der Waals surface area contributed by atoms with Crippen molar-refractivity contribution in [1.82, 2.24) is 5.32 Å². The Morgan fingerprint density at radius 1 is 1.10 bits per heavy atom. The van der Waals surface area contributed by atoms with Crippen LogP contribution in [0.2, 0.25) is 0 Å². The molecule has 0 bridgehead atoms. The third kappa shape index (κ3) is 3.24. The zero-order valence-electron chi connectivity index (χ0n) is 12.8. The first-order valence-corrected chi connectivity index (χ1v) is 7.10. The van der Waals surface area contributed by atoms with E-state index in [2.05, 4.69) is 5.32 Å². The molecule has 0 aromatic heterocycles. The molecule has 3 nitrogen and oxygen atoms in total. The van der Waals surface area contributed by atoms with Crippen LogP contribution in [-0.2, 0) is 16.8 Å². The molecule has 0 unspecified atom stereocenters. The average molecular weight is 282 g/mol. The lowest BCUT2D eigenvalue weighted by Gasteiger charge is -2.24. The monoisotopic (exact) mass is 282 g/mol.